The van der Waals surface area contributed by atoms with Crippen LogP contribution in [0.25, 0.3) is 22.5 Å². The van der Waals surface area contributed by atoms with Crippen LogP contribution in [0.15, 0.2) is 54.3 Å². The Morgan fingerprint density at radius 2 is 1.77 bits per heavy atom. The molecule has 4 heterocycles. The van der Waals surface area contributed by atoms with Gasteiger partial charge in [0, 0.05) is 74.1 Å². The Bertz CT molecular complexity index is 1830. The molecule has 4 aromatic rings. The van der Waals surface area contributed by atoms with Gasteiger partial charge in [-0.1, -0.05) is 0 Å². The topological polar surface area (TPSA) is 149 Å². The first-order chi connectivity index (χ1) is 22.2. The van der Waals surface area contributed by atoms with Crippen LogP contribution in [0.4, 0.5) is 33.7 Å². The molecule has 1 saturated carbocycles. The number of halogens is 5. The molecular formula is C29H30F5N9O3S. The number of hydrogen-bond acceptors (Lipinski definition) is 10. The second-order valence-corrected chi connectivity index (χ2v) is 13.2. The number of aromatic nitrogens is 7. The van der Waals surface area contributed by atoms with E-state index < -0.39 is 52.1 Å². The van der Waals surface area contributed by atoms with E-state index in [0.717, 1.165) is 24.7 Å². The summed E-state index contributed by atoms with van der Waals surface area (Å²) in [7, 11) is -2.01. The molecule has 1 amide bonds. The first kappa shape index (κ1) is 33.7. The van der Waals surface area contributed by atoms with E-state index in [1.54, 1.807) is 24.1 Å². The summed E-state index contributed by atoms with van der Waals surface area (Å²) in [6.07, 6.45) is 3.15. The fourth-order valence-corrected chi connectivity index (χ4v) is 5.90. The zero-order chi connectivity index (χ0) is 33.9. The molecule has 47 heavy (non-hydrogen) atoms. The van der Waals surface area contributed by atoms with Crippen molar-refractivity contribution in [2.24, 2.45) is 7.05 Å². The van der Waals surface area contributed by atoms with Gasteiger partial charge in [0.2, 0.25) is 18.3 Å². The molecule has 0 spiro atoms. The molecule has 0 unspecified atom stereocenters. The molecular weight excluding hydrogens is 649 g/mol. The Balaban J connectivity index is 1.34. The molecule has 0 saturated heterocycles. The number of carbonyl (C=O) groups is 1. The number of sulfone groups is 1. The lowest BCUT2D eigenvalue weighted by Crippen LogP contribution is -2.45. The van der Waals surface area contributed by atoms with E-state index in [1.165, 1.54) is 17.3 Å². The molecule has 1 aliphatic rings. The van der Waals surface area contributed by atoms with Crippen LogP contribution in [0.3, 0.4) is 0 Å². The maximum absolute atomic E-state index is 13.9. The highest BCUT2D eigenvalue weighted by Gasteiger charge is 2.36. The number of nitrogens with zero attached hydrogens (tertiary/aromatic N) is 8. The number of carbonyl (C=O) groups excluding carboxylic acids is 1. The van der Waals surface area contributed by atoms with Gasteiger partial charge in [0.05, 0.1) is 34.9 Å². The van der Waals surface area contributed by atoms with Gasteiger partial charge in [-0.25, -0.2) is 32.2 Å². The van der Waals surface area contributed by atoms with Gasteiger partial charge in [-0.05, 0) is 31.7 Å². The zero-order valence-electron chi connectivity index (χ0n) is 25.2. The highest BCUT2D eigenvalue weighted by molar-refractivity contribution is 7.90. The number of hydrogen-bond donors (Lipinski definition) is 1. The van der Waals surface area contributed by atoms with Crippen LogP contribution in [0.2, 0.25) is 0 Å². The first-order valence-electron chi connectivity index (χ1n) is 14.5. The van der Waals surface area contributed by atoms with Crippen molar-refractivity contribution < 1.29 is 35.2 Å². The zero-order valence-corrected chi connectivity index (χ0v) is 26.0. The molecule has 4 aromatic heterocycles. The molecule has 0 aromatic carbocycles. The SMILES string of the molecule is Cn1cc(-c2cnc(N(C(=O)CCC(F)F)C3CCC(Nc4ncc(C(F)(F)F)c(-c5cncc(S(C)(=O)=O)c5)n4)CC3)cn2)cn1. The van der Waals surface area contributed by atoms with Crippen molar-refractivity contribution >= 4 is 27.5 Å². The van der Waals surface area contributed by atoms with Gasteiger partial charge < -0.3 is 5.32 Å². The quantitative estimate of drug-likeness (QED) is 0.228. The second kappa shape index (κ2) is 13.6. The molecule has 12 nitrogen and oxygen atoms in total. The van der Waals surface area contributed by atoms with Crippen LogP contribution in [-0.4, -0.2) is 73.8 Å². The monoisotopic (exact) mass is 679 g/mol. The summed E-state index contributed by atoms with van der Waals surface area (Å²) >= 11 is 0. The van der Waals surface area contributed by atoms with Crippen molar-refractivity contribution in [2.75, 3.05) is 16.5 Å². The maximum atomic E-state index is 13.9. The minimum atomic E-state index is -4.83. The molecule has 18 heteroatoms. The highest BCUT2D eigenvalue weighted by Crippen LogP contribution is 2.37. The lowest BCUT2D eigenvalue weighted by molar-refractivity contribution is -0.137. The molecule has 1 N–H and O–H groups in total. The van der Waals surface area contributed by atoms with Crippen molar-refractivity contribution in [2.45, 2.75) is 68.1 Å². The predicted molar refractivity (Wildman–Crippen MR) is 160 cm³/mol. The fraction of sp³-hybridized carbons (Fsp3) is 0.414. The van der Waals surface area contributed by atoms with Crippen LogP contribution in [0.5, 0.6) is 0 Å². The van der Waals surface area contributed by atoms with E-state index in [1.807, 2.05) is 0 Å². The Kier molecular flexibility index (Phi) is 9.78. The van der Waals surface area contributed by atoms with Crippen molar-refractivity contribution in [3.8, 4) is 22.5 Å². The number of amides is 1. The average molecular weight is 680 g/mol. The van der Waals surface area contributed by atoms with E-state index in [2.05, 4.69) is 35.3 Å². The Morgan fingerprint density at radius 3 is 2.36 bits per heavy atom. The third kappa shape index (κ3) is 8.22. The number of rotatable bonds is 10. The van der Waals surface area contributed by atoms with Gasteiger partial charge in [-0.3, -0.25) is 24.3 Å². The van der Waals surface area contributed by atoms with E-state index in [0.29, 0.717) is 43.1 Å². The number of aryl methyl sites for hydroxylation is 1. The maximum Gasteiger partial charge on any atom is 0.419 e. The summed E-state index contributed by atoms with van der Waals surface area (Å²) < 4.78 is 93.2. The highest BCUT2D eigenvalue weighted by atomic mass is 32.2. The Labute approximate surface area is 266 Å². The smallest absolute Gasteiger partial charge is 0.351 e. The lowest BCUT2D eigenvalue weighted by atomic mass is 9.90. The van der Waals surface area contributed by atoms with E-state index in [4.69, 9.17) is 0 Å². The normalized spacial score (nSPS) is 17.1. The molecule has 1 fully saturated rings. The summed E-state index contributed by atoms with van der Waals surface area (Å²) in [6, 6.07) is 0.375. The van der Waals surface area contributed by atoms with Crippen molar-refractivity contribution in [1.29, 1.82) is 0 Å². The fourth-order valence-electron chi connectivity index (χ4n) is 5.31. The minimum Gasteiger partial charge on any atom is -0.351 e. The average Bonchev–Trinajstić information content (AvgIpc) is 3.46. The number of pyridine rings is 1. The van der Waals surface area contributed by atoms with Crippen LogP contribution in [-0.2, 0) is 27.9 Å². The molecule has 0 atom stereocenters. The van der Waals surface area contributed by atoms with Gasteiger partial charge in [-0.2, -0.15) is 18.3 Å². The van der Waals surface area contributed by atoms with Gasteiger partial charge >= 0.3 is 6.18 Å². The van der Waals surface area contributed by atoms with E-state index >= 15 is 0 Å². The van der Waals surface area contributed by atoms with Gasteiger partial charge in [0.1, 0.15) is 5.56 Å². The van der Waals surface area contributed by atoms with Crippen LogP contribution < -0.4 is 10.2 Å². The summed E-state index contributed by atoms with van der Waals surface area (Å²) in [5.74, 6) is -0.414. The van der Waals surface area contributed by atoms with Crippen LogP contribution >= 0.6 is 0 Å². The first-order valence-corrected chi connectivity index (χ1v) is 16.4. The van der Waals surface area contributed by atoms with Crippen LogP contribution in [0.1, 0.15) is 44.1 Å². The molecule has 5 rings (SSSR count). The molecule has 1 aliphatic carbocycles. The molecule has 250 valence electrons. The third-order valence-corrected chi connectivity index (χ3v) is 8.71. The summed E-state index contributed by atoms with van der Waals surface area (Å²) in [5, 5.41) is 7.15. The lowest BCUT2D eigenvalue weighted by Gasteiger charge is -2.36. The van der Waals surface area contributed by atoms with Crippen molar-refractivity contribution in [3.05, 3.63) is 55.0 Å². The summed E-state index contributed by atoms with van der Waals surface area (Å²) in [6.45, 7) is 0. The van der Waals surface area contributed by atoms with Gasteiger partial charge in [-0.15, -0.1) is 0 Å². The van der Waals surface area contributed by atoms with Gasteiger partial charge in [0.25, 0.3) is 0 Å². The van der Waals surface area contributed by atoms with Crippen molar-refractivity contribution in [1.82, 2.24) is 34.7 Å². The Hall–Kier alpha value is -4.61. The largest absolute Gasteiger partial charge is 0.419 e. The molecule has 0 aliphatic heterocycles. The molecule has 0 radical (unpaired) electrons. The van der Waals surface area contributed by atoms with Gasteiger partial charge in [0.15, 0.2) is 15.7 Å². The number of alkyl halides is 5. The summed E-state index contributed by atoms with van der Waals surface area (Å²) in [4.78, 5) is 34.9. The second-order valence-electron chi connectivity index (χ2n) is 11.1. The number of nitrogens with one attached hydrogen (secondary N) is 1. The standard InChI is InChI=1S/C29H30F5N9O3S/c1-42-16-18(11-39-42)23-14-37-25(15-36-23)43(26(44)8-7-24(30)31)20-5-3-19(4-6-20)40-28-38-13-22(29(32,33)34)27(41-28)17-9-21(12-35-10-17)47(2,45)46/h9-16,19-20,24H,3-8H2,1-2H3,(H,38,40,41). The minimum absolute atomic E-state index is 0.108. The van der Waals surface area contributed by atoms with Crippen LogP contribution in [0, 0.1) is 0 Å². The number of anilines is 2. The third-order valence-electron chi connectivity index (χ3n) is 7.63. The van der Waals surface area contributed by atoms with E-state index in [-0.39, 0.29) is 34.7 Å². The Morgan fingerprint density at radius 1 is 1.02 bits per heavy atom. The van der Waals surface area contributed by atoms with E-state index in [9.17, 15) is 35.2 Å². The van der Waals surface area contributed by atoms with Crippen molar-refractivity contribution in [3.63, 3.8) is 0 Å². The predicted octanol–water partition coefficient (Wildman–Crippen LogP) is 4.95. The molecule has 0 bridgehead atoms. The summed E-state index contributed by atoms with van der Waals surface area (Å²) in [5.41, 5.74) is -0.618.